The molecule has 1 aromatic heterocycles. The third-order valence-electron chi connectivity index (χ3n) is 5.21. The van der Waals surface area contributed by atoms with Gasteiger partial charge in [-0.1, -0.05) is 30.3 Å². The molecule has 2 aromatic carbocycles. The lowest BCUT2D eigenvalue weighted by Gasteiger charge is -2.22. The number of thiophene rings is 1. The van der Waals surface area contributed by atoms with E-state index in [0.29, 0.717) is 16.1 Å². The lowest BCUT2D eigenvalue weighted by Crippen LogP contribution is -3.11. The zero-order valence-corrected chi connectivity index (χ0v) is 16.0. The molecular formula is C21H22N3O2S+. The Morgan fingerprint density at radius 3 is 2.70 bits per heavy atom. The summed E-state index contributed by atoms with van der Waals surface area (Å²) in [5.74, 6) is -0.692. The molecule has 1 aliphatic rings. The van der Waals surface area contributed by atoms with Gasteiger partial charge >= 0.3 is 0 Å². The molecule has 27 heavy (non-hydrogen) atoms. The highest BCUT2D eigenvalue weighted by Crippen LogP contribution is 2.34. The average Bonchev–Trinajstić information content (AvgIpc) is 3.04. The van der Waals surface area contributed by atoms with E-state index in [1.165, 1.54) is 16.2 Å². The van der Waals surface area contributed by atoms with Crippen molar-refractivity contribution in [1.82, 2.24) is 0 Å². The van der Waals surface area contributed by atoms with Crippen LogP contribution >= 0.6 is 11.3 Å². The maximum absolute atomic E-state index is 12.8. The summed E-state index contributed by atoms with van der Waals surface area (Å²) >= 11 is 1.48. The second kappa shape index (κ2) is 7.13. The van der Waals surface area contributed by atoms with Gasteiger partial charge in [-0.05, 0) is 35.4 Å². The largest absolute Gasteiger partial charge is 0.365 e. The summed E-state index contributed by atoms with van der Waals surface area (Å²) in [6, 6.07) is 13.5. The molecule has 3 aromatic rings. The molecular weight excluding hydrogens is 358 g/mol. The van der Waals surface area contributed by atoms with Gasteiger partial charge in [0.25, 0.3) is 11.8 Å². The molecule has 0 aliphatic carbocycles. The first-order chi connectivity index (χ1) is 13.1. The maximum Gasteiger partial charge on any atom is 0.256 e. The fraction of sp³-hybridized carbons (Fsp3) is 0.238. The standard InChI is InChI=1S/C21H21N3O2S/c1-2-24-10-9-16-17(12-24)27-21(18(16)19(22)25)23-20(26)15-8-7-13-5-3-4-6-14(13)11-15/h3-8,11H,2,9-10,12H2,1H3,(H2,22,25)(H,23,26)/p+1. The molecule has 138 valence electrons. The van der Waals surface area contributed by atoms with Gasteiger partial charge in [-0.2, -0.15) is 0 Å². The third-order valence-corrected chi connectivity index (χ3v) is 6.36. The van der Waals surface area contributed by atoms with E-state index >= 15 is 0 Å². The van der Waals surface area contributed by atoms with Crippen LogP contribution in [0.3, 0.4) is 0 Å². The lowest BCUT2D eigenvalue weighted by atomic mass is 10.0. The molecule has 1 atom stereocenters. The van der Waals surface area contributed by atoms with Gasteiger partial charge in [0.05, 0.1) is 23.5 Å². The second-order valence-electron chi connectivity index (χ2n) is 6.87. The van der Waals surface area contributed by atoms with Crippen LogP contribution in [-0.2, 0) is 13.0 Å². The maximum atomic E-state index is 12.8. The Bertz CT molecular complexity index is 1040. The van der Waals surface area contributed by atoms with E-state index in [-0.39, 0.29) is 5.91 Å². The first kappa shape index (κ1) is 17.7. The number of quaternary nitrogens is 1. The number of benzene rings is 2. The van der Waals surface area contributed by atoms with Gasteiger partial charge in [-0.25, -0.2) is 0 Å². The Morgan fingerprint density at radius 2 is 1.96 bits per heavy atom. The summed E-state index contributed by atoms with van der Waals surface area (Å²) in [5, 5.41) is 5.60. The van der Waals surface area contributed by atoms with Crippen LogP contribution in [-0.4, -0.2) is 24.9 Å². The first-order valence-corrected chi connectivity index (χ1v) is 9.96. The van der Waals surface area contributed by atoms with Crippen LogP contribution in [0.1, 0.15) is 38.1 Å². The molecule has 0 fully saturated rings. The minimum absolute atomic E-state index is 0.221. The topological polar surface area (TPSA) is 76.6 Å². The molecule has 5 nitrogen and oxygen atoms in total. The van der Waals surface area contributed by atoms with Gasteiger partial charge in [0.15, 0.2) is 0 Å². The van der Waals surface area contributed by atoms with Crippen LogP contribution < -0.4 is 16.0 Å². The normalized spacial score (nSPS) is 16.1. The Kier molecular flexibility index (Phi) is 4.68. The number of anilines is 1. The van der Waals surface area contributed by atoms with Gasteiger partial charge in [-0.15, -0.1) is 11.3 Å². The number of primary amides is 1. The zero-order chi connectivity index (χ0) is 19.0. The van der Waals surface area contributed by atoms with Crippen LogP contribution in [0.2, 0.25) is 0 Å². The highest BCUT2D eigenvalue weighted by Gasteiger charge is 2.29. The summed E-state index contributed by atoms with van der Waals surface area (Å²) in [6.07, 6.45) is 0.819. The number of rotatable bonds is 4. The number of likely N-dealkylation sites (N-methyl/N-ethyl adjacent to an activating group) is 1. The van der Waals surface area contributed by atoms with Crippen LogP contribution in [0.4, 0.5) is 5.00 Å². The molecule has 0 bridgehead atoms. The van der Waals surface area contributed by atoms with Crippen LogP contribution in [0.15, 0.2) is 42.5 Å². The predicted octanol–water partition coefficient (Wildman–Crippen LogP) is 2.21. The fourth-order valence-electron chi connectivity index (χ4n) is 3.69. The number of nitrogens with one attached hydrogen (secondary N) is 2. The number of carbonyl (C=O) groups is 2. The quantitative estimate of drug-likeness (QED) is 0.649. The lowest BCUT2D eigenvalue weighted by molar-refractivity contribution is -0.913. The van der Waals surface area contributed by atoms with E-state index in [4.69, 9.17) is 5.73 Å². The summed E-state index contributed by atoms with van der Waals surface area (Å²) in [4.78, 5) is 27.5. The van der Waals surface area contributed by atoms with Gasteiger partial charge in [0.1, 0.15) is 11.5 Å². The Balaban J connectivity index is 1.66. The third kappa shape index (κ3) is 3.34. The number of hydrogen-bond donors (Lipinski definition) is 3. The van der Waals surface area contributed by atoms with E-state index in [0.717, 1.165) is 47.3 Å². The van der Waals surface area contributed by atoms with Crippen molar-refractivity contribution in [2.75, 3.05) is 18.4 Å². The number of fused-ring (bicyclic) bond motifs is 2. The number of hydrogen-bond acceptors (Lipinski definition) is 3. The highest BCUT2D eigenvalue weighted by atomic mass is 32.1. The van der Waals surface area contributed by atoms with Crippen LogP contribution in [0.25, 0.3) is 10.8 Å². The predicted molar refractivity (Wildman–Crippen MR) is 109 cm³/mol. The zero-order valence-electron chi connectivity index (χ0n) is 15.2. The Morgan fingerprint density at radius 1 is 1.19 bits per heavy atom. The van der Waals surface area contributed by atoms with Gasteiger partial charge in [-0.3, -0.25) is 9.59 Å². The SMILES string of the molecule is CC[NH+]1CCc2c(sc(NC(=O)c3ccc4ccccc4c3)c2C(N)=O)C1. The minimum atomic E-state index is -0.471. The monoisotopic (exact) mass is 380 g/mol. The van der Waals surface area contributed by atoms with E-state index in [1.54, 1.807) is 6.07 Å². The molecule has 0 saturated carbocycles. The highest BCUT2D eigenvalue weighted by molar-refractivity contribution is 7.17. The van der Waals surface area contributed by atoms with Gasteiger partial charge < -0.3 is 16.0 Å². The molecule has 0 radical (unpaired) electrons. The molecule has 2 heterocycles. The second-order valence-corrected chi connectivity index (χ2v) is 7.97. The molecule has 2 amide bonds. The van der Waals surface area contributed by atoms with Crippen LogP contribution in [0.5, 0.6) is 0 Å². The van der Waals surface area contributed by atoms with Crippen molar-refractivity contribution in [1.29, 1.82) is 0 Å². The molecule has 4 rings (SSSR count). The molecule has 6 heteroatoms. The number of amides is 2. The first-order valence-electron chi connectivity index (χ1n) is 9.15. The summed E-state index contributed by atoms with van der Waals surface area (Å²) in [7, 11) is 0. The number of carbonyl (C=O) groups excluding carboxylic acids is 2. The van der Waals surface area contributed by atoms with Crippen molar-refractivity contribution in [3.63, 3.8) is 0 Å². The van der Waals surface area contributed by atoms with E-state index in [2.05, 4.69) is 12.2 Å². The summed E-state index contributed by atoms with van der Waals surface area (Å²) in [5.41, 5.74) is 7.71. The molecule has 1 unspecified atom stereocenters. The van der Waals surface area contributed by atoms with Crippen molar-refractivity contribution < 1.29 is 14.5 Å². The van der Waals surface area contributed by atoms with E-state index in [1.807, 2.05) is 36.4 Å². The van der Waals surface area contributed by atoms with Gasteiger partial charge in [0.2, 0.25) is 0 Å². The molecule has 0 saturated heterocycles. The Hall–Kier alpha value is -2.70. The number of nitrogens with two attached hydrogens (primary N) is 1. The Labute approximate surface area is 161 Å². The smallest absolute Gasteiger partial charge is 0.256 e. The summed E-state index contributed by atoms with van der Waals surface area (Å²) < 4.78 is 0. The van der Waals surface area contributed by atoms with Crippen molar-refractivity contribution in [2.45, 2.75) is 19.9 Å². The minimum Gasteiger partial charge on any atom is -0.365 e. The molecule has 0 spiro atoms. The summed E-state index contributed by atoms with van der Waals surface area (Å²) in [6.45, 7) is 5.06. The van der Waals surface area contributed by atoms with Crippen molar-refractivity contribution in [3.8, 4) is 0 Å². The molecule has 4 N–H and O–H groups in total. The van der Waals surface area contributed by atoms with Crippen molar-refractivity contribution in [3.05, 3.63) is 64.0 Å². The fourth-order valence-corrected chi connectivity index (χ4v) is 5.01. The molecule has 1 aliphatic heterocycles. The van der Waals surface area contributed by atoms with E-state index < -0.39 is 5.91 Å². The van der Waals surface area contributed by atoms with Crippen LogP contribution in [0, 0.1) is 0 Å². The average molecular weight is 380 g/mol. The van der Waals surface area contributed by atoms with Crippen molar-refractivity contribution >= 4 is 38.9 Å². The van der Waals surface area contributed by atoms with Gasteiger partial charge in [0, 0.05) is 12.0 Å². The van der Waals surface area contributed by atoms with Crippen molar-refractivity contribution in [2.24, 2.45) is 5.73 Å². The van der Waals surface area contributed by atoms with E-state index in [9.17, 15) is 9.59 Å².